The van der Waals surface area contributed by atoms with Crippen LogP contribution in [-0.2, 0) is 5.60 Å². The number of nitrogens with two attached hydrogens (primary N) is 1. The van der Waals surface area contributed by atoms with E-state index in [1.54, 1.807) is 0 Å². The van der Waals surface area contributed by atoms with E-state index in [4.69, 9.17) is 5.73 Å². The van der Waals surface area contributed by atoms with Gasteiger partial charge in [0.1, 0.15) is 5.60 Å². The molecule has 3 heteroatoms. The summed E-state index contributed by atoms with van der Waals surface area (Å²) in [5, 5.41) is 11.0. The first-order valence-corrected chi connectivity index (χ1v) is 8.33. The van der Waals surface area contributed by atoms with E-state index in [0.29, 0.717) is 6.04 Å². The molecular weight excluding hydrogens is 260 g/mol. The zero-order valence-corrected chi connectivity index (χ0v) is 13.1. The fourth-order valence-electron chi connectivity index (χ4n) is 4.08. The van der Waals surface area contributed by atoms with E-state index in [-0.39, 0.29) is 0 Å². The summed E-state index contributed by atoms with van der Waals surface area (Å²) in [5.74, 6) is 0.768. The molecule has 1 saturated carbocycles. The quantitative estimate of drug-likeness (QED) is 0.898. The van der Waals surface area contributed by atoms with E-state index in [0.717, 1.165) is 37.5 Å². The molecular formula is C18H28N2O. The number of benzene rings is 1. The summed E-state index contributed by atoms with van der Waals surface area (Å²) in [7, 11) is 0. The Hall–Kier alpha value is -0.900. The number of nitrogens with zero attached hydrogens (tertiary/aromatic N) is 1. The van der Waals surface area contributed by atoms with Crippen LogP contribution in [0.4, 0.5) is 0 Å². The van der Waals surface area contributed by atoms with E-state index in [1.807, 2.05) is 12.1 Å². The topological polar surface area (TPSA) is 49.5 Å². The van der Waals surface area contributed by atoms with E-state index in [2.05, 4.69) is 24.0 Å². The maximum absolute atomic E-state index is 11.0. The molecule has 21 heavy (non-hydrogen) atoms. The molecule has 0 amide bonds. The highest BCUT2D eigenvalue weighted by Gasteiger charge is 2.39. The smallest absolute Gasteiger partial charge is 0.104 e. The summed E-state index contributed by atoms with van der Waals surface area (Å²) in [6, 6.07) is 8.67. The molecule has 1 saturated heterocycles. The fraction of sp³-hybridized carbons (Fsp3) is 0.667. The molecule has 2 fully saturated rings. The van der Waals surface area contributed by atoms with Crippen molar-refractivity contribution in [1.29, 1.82) is 0 Å². The summed E-state index contributed by atoms with van der Waals surface area (Å²) >= 11 is 0. The first-order valence-electron chi connectivity index (χ1n) is 8.33. The van der Waals surface area contributed by atoms with Crippen molar-refractivity contribution in [1.82, 2.24) is 4.90 Å². The van der Waals surface area contributed by atoms with Gasteiger partial charge in [0.15, 0.2) is 0 Å². The van der Waals surface area contributed by atoms with Gasteiger partial charge in [-0.3, -0.25) is 4.90 Å². The van der Waals surface area contributed by atoms with Crippen LogP contribution in [-0.4, -0.2) is 35.7 Å². The lowest BCUT2D eigenvalue weighted by atomic mass is 9.86. The molecule has 1 heterocycles. The Balaban J connectivity index is 1.61. The summed E-state index contributed by atoms with van der Waals surface area (Å²) < 4.78 is 0. The van der Waals surface area contributed by atoms with Gasteiger partial charge < -0.3 is 10.8 Å². The number of hydrogen-bond acceptors (Lipinski definition) is 3. The van der Waals surface area contributed by atoms with Crippen LogP contribution in [0.1, 0.15) is 43.2 Å². The highest BCUT2D eigenvalue weighted by atomic mass is 16.3. The molecule has 1 aliphatic carbocycles. The van der Waals surface area contributed by atoms with Crippen molar-refractivity contribution in [2.45, 2.75) is 50.7 Å². The maximum atomic E-state index is 11.0. The van der Waals surface area contributed by atoms with E-state index < -0.39 is 5.60 Å². The monoisotopic (exact) mass is 288 g/mol. The van der Waals surface area contributed by atoms with Crippen LogP contribution in [0.3, 0.4) is 0 Å². The van der Waals surface area contributed by atoms with E-state index in [1.165, 1.54) is 31.2 Å². The molecule has 1 aromatic carbocycles. The molecule has 1 aromatic rings. The van der Waals surface area contributed by atoms with Crippen molar-refractivity contribution in [3.63, 3.8) is 0 Å². The van der Waals surface area contributed by atoms with Gasteiger partial charge >= 0.3 is 0 Å². The summed E-state index contributed by atoms with van der Waals surface area (Å²) in [6.45, 7) is 5.01. The zero-order valence-electron chi connectivity index (χ0n) is 13.1. The highest BCUT2D eigenvalue weighted by molar-refractivity contribution is 5.32. The number of hydrogen-bond donors (Lipinski definition) is 2. The van der Waals surface area contributed by atoms with Crippen molar-refractivity contribution >= 4 is 0 Å². The normalized spacial score (nSPS) is 34.2. The van der Waals surface area contributed by atoms with Gasteiger partial charge in [-0.2, -0.15) is 0 Å². The van der Waals surface area contributed by atoms with Crippen LogP contribution >= 0.6 is 0 Å². The van der Waals surface area contributed by atoms with Crippen LogP contribution in [0.25, 0.3) is 0 Å². The van der Waals surface area contributed by atoms with Crippen molar-refractivity contribution in [2.75, 3.05) is 19.6 Å². The van der Waals surface area contributed by atoms with Crippen LogP contribution in [0.2, 0.25) is 0 Å². The second kappa shape index (κ2) is 6.07. The minimum atomic E-state index is -0.656. The van der Waals surface area contributed by atoms with E-state index in [9.17, 15) is 5.11 Å². The third kappa shape index (κ3) is 3.31. The minimum Gasteiger partial charge on any atom is -0.384 e. The van der Waals surface area contributed by atoms with E-state index >= 15 is 0 Å². The second-order valence-electron chi connectivity index (χ2n) is 7.11. The summed E-state index contributed by atoms with van der Waals surface area (Å²) in [4.78, 5) is 2.45. The van der Waals surface area contributed by atoms with Gasteiger partial charge in [-0.05, 0) is 56.1 Å². The average molecular weight is 288 g/mol. The predicted molar refractivity (Wildman–Crippen MR) is 86.1 cm³/mol. The molecule has 1 aliphatic heterocycles. The van der Waals surface area contributed by atoms with Crippen LogP contribution in [0, 0.1) is 12.8 Å². The number of aliphatic hydroxyl groups is 1. The second-order valence-corrected chi connectivity index (χ2v) is 7.11. The molecule has 0 bridgehead atoms. The van der Waals surface area contributed by atoms with Gasteiger partial charge in [-0.1, -0.05) is 24.3 Å². The average Bonchev–Trinajstić information content (AvgIpc) is 2.84. The Labute approximate surface area is 128 Å². The SMILES string of the molecule is Cc1ccccc1[C@]1(O)CCN(CC2CCC(N)CC2)C1. The highest BCUT2D eigenvalue weighted by Crippen LogP contribution is 2.35. The minimum absolute atomic E-state index is 0.420. The van der Waals surface area contributed by atoms with Gasteiger partial charge in [0.05, 0.1) is 0 Å². The van der Waals surface area contributed by atoms with Crippen molar-refractivity contribution in [3.05, 3.63) is 35.4 Å². The van der Waals surface area contributed by atoms with Gasteiger partial charge in [-0.15, -0.1) is 0 Å². The third-order valence-electron chi connectivity index (χ3n) is 5.38. The van der Waals surface area contributed by atoms with Crippen LogP contribution in [0.5, 0.6) is 0 Å². The Morgan fingerprint density at radius 3 is 2.67 bits per heavy atom. The Kier molecular flexibility index (Phi) is 4.34. The Morgan fingerprint density at radius 2 is 1.95 bits per heavy atom. The lowest BCUT2D eigenvalue weighted by Crippen LogP contribution is -2.36. The molecule has 1 atom stereocenters. The molecule has 0 radical (unpaired) electrons. The molecule has 3 nitrogen and oxygen atoms in total. The number of aryl methyl sites for hydroxylation is 1. The summed E-state index contributed by atoms with van der Waals surface area (Å²) in [6.07, 6.45) is 5.69. The zero-order chi connectivity index (χ0) is 14.9. The maximum Gasteiger partial charge on any atom is 0.104 e. The molecule has 3 rings (SSSR count). The number of rotatable bonds is 3. The fourth-order valence-corrected chi connectivity index (χ4v) is 4.08. The standard InChI is InChI=1S/C18H28N2O/c1-14-4-2-3-5-17(14)18(21)10-11-20(13-18)12-15-6-8-16(19)9-7-15/h2-5,15-16,21H,6-13,19H2,1H3/t15?,16?,18-/m0/s1. The van der Waals surface area contributed by atoms with Crippen LogP contribution < -0.4 is 5.73 Å². The first-order chi connectivity index (χ1) is 10.1. The van der Waals surface area contributed by atoms with Crippen molar-refractivity contribution in [2.24, 2.45) is 11.7 Å². The largest absolute Gasteiger partial charge is 0.384 e. The molecule has 3 N–H and O–H groups in total. The Bertz CT molecular complexity index is 482. The third-order valence-corrected chi connectivity index (χ3v) is 5.38. The lowest BCUT2D eigenvalue weighted by Gasteiger charge is -2.31. The summed E-state index contributed by atoms with van der Waals surface area (Å²) in [5.41, 5.74) is 7.64. The molecule has 0 aromatic heterocycles. The predicted octanol–water partition coefficient (Wildman–Crippen LogP) is 2.41. The van der Waals surface area contributed by atoms with Gasteiger partial charge in [0.2, 0.25) is 0 Å². The number of likely N-dealkylation sites (tertiary alicyclic amines) is 1. The van der Waals surface area contributed by atoms with Crippen molar-refractivity contribution < 1.29 is 5.11 Å². The lowest BCUT2D eigenvalue weighted by molar-refractivity contribution is 0.0428. The molecule has 2 aliphatic rings. The molecule has 116 valence electrons. The number of β-amino-alcohol motifs (C(OH)–C–C–N with tert-alkyl or cyclic N) is 1. The Morgan fingerprint density at radius 1 is 1.24 bits per heavy atom. The van der Waals surface area contributed by atoms with Crippen molar-refractivity contribution in [3.8, 4) is 0 Å². The molecule has 0 unspecified atom stereocenters. The van der Waals surface area contributed by atoms with Crippen LogP contribution in [0.15, 0.2) is 24.3 Å². The first kappa shape index (κ1) is 15.0. The van der Waals surface area contributed by atoms with Gasteiger partial charge in [0, 0.05) is 25.7 Å². The van der Waals surface area contributed by atoms with Gasteiger partial charge in [0.25, 0.3) is 0 Å². The molecule has 0 spiro atoms. The van der Waals surface area contributed by atoms with Gasteiger partial charge in [-0.25, -0.2) is 0 Å².